The lowest BCUT2D eigenvalue weighted by Gasteiger charge is -2.01. The zero-order chi connectivity index (χ0) is 16.8. The van der Waals surface area contributed by atoms with E-state index < -0.39 is 0 Å². The monoisotopic (exact) mass is 318 g/mol. The largest absolute Gasteiger partial charge is 0.463 e. The number of carbonyl (C=O) groups is 1. The van der Waals surface area contributed by atoms with Crippen LogP contribution in [0, 0.1) is 13.8 Å². The van der Waals surface area contributed by atoms with Gasteiger partial charge in [-0.3, -0.25) is 9.59 Å². The molecule has 0 bridgehead atoms. The molecule has 0 saturated carbocycles. The molecule has 118 valence electrons. The van der Waals surface area contributed by atoms with Crippen LogP contribution >= 0.6 is 0 Å². The number of rotatable bonds is 1. The number of benzene rings is 2. The van der Waals surface area contributed by atoms with Crippen LogP contribution in [0.4, 0.5) is 0 Å². The van der Waals surface area contributed by atoms with Crippen LogP contribution in [0.25, 0.3) is 17.0 Å². The van der Waals surface area contributed by atoms with Gasteiger partial charge in [0.25, 0.3) is 0 Å². The summed E-state index contributed by atoms with van der Waals surface area (Å²) in [7, 11) is 0. The third-order valence-corrected chi connectivity index (χ3v) is 4.07. The molecule has 24 heavy (non-hydrogen) atoms. The predicted octanol–water partition coefficient (Wildman–Crippen LogP) is 4.03. The van der Waals surface area contributed by atoms with E-state index in [-0.39, 0.29) is 17.0 Å². The Bertz CT molecular complexity index is 1090. The fourth-order valence-corrected chi connectivity index (χ4v) is 2.79. The first-order chi connectivity index (χ1) is 11.5. The van der Waals surface area contributed by atoms with E-state index in [1.165, 1.54) is 12.3 Å². The smallest absolute Gasteiger partial charge is 0.231 e. The van der Waals surface area contributed by atoms with E-state index in [9.17, 15) is 9.59 Å². The van der Waals surface area contributed by atoms with Crippen LogP contribution in [0.5, 0.6) is 5.75 Å². The van der Waals surface area contributed by atoms with Crippen LogP contribution in [-0.2, 0) is 0 Å². The second-order valence-corrected chi connectivity index (χ2v) is 5.96. The van der Waals surface area contributed by atoms with Crippen molar-refractivity contribution in [1.82, 2.24) is 0 Å². The number of allylic oxidation sites excluding steroid dienone is 1. The number of carbonyl (C=O) groups excluding carboxylic acids is 1. The maximum Gasteiger partial charge on any atom is 0.231 e. The number of hydrogen-bond acceptors (Lipinski definition) is 4. The summed E-state index contributed by atoms with van der Waals surface area (Å²) >= 11 is 0. The maximum absolute atomic E-state index is 12.6. The number of Topliss-reactive ketones (excluding diaryl/α,β-unsaturated/α-hetero) is 1. The van der Waals surface area contributed by atoms with E-state index in [1.807, 2.05) is 26.0 Å². The molecule has 1 aromatic heterocycles. The van der Waals surface area contributed by atoms with Crippen LogP contribution in [0.3, 0.4) is 0 Å². The van der Waals surface area contributed by atoms with Gasteiger partial charge in [-0.05, 0) is 49.8 Å². The van der Waals surface area contributed by atoms with Gasteiger partial charge in [0.1, 0.15) is 17.6 Å². The first kappa shape index (κ1) is 14.5. The van der Waals surface area contributed by atoms with E-state index in [0.29, 0.717) is 27.8 Å². The van der Waals surface area contributed by atoms with Gasteiger partial charge in [-0.25, -0.2) is 0 Å². The third-order valence-electron chi connectivity index (χ3n) is 4.07. The minimum Gasteiger partial charge on any atom is -0.463 e. The van der Waals surface area contributed by atoms with Gasteiger partial charge in [0, 0.05) is 0 Å². The molecular formula is C20H14O4. The van der Waals surface area contributed by atoms with Crippen molar-refractivity contribution in [3.05, 3.63) is 80.9 Å². The van der Waals surface area contributed by atoms with E-state index in [1.54, 1.807) is 24.3 Å². The molecule has 0 aliphatic carbocycles. The molecule has 0 radical (unpaired) electrons. The summed E-state index contributed by atoms with van der Waals surface area (Å²) in [6, 6.07) is 10.8. The van der Waals surface area contributed by atoms with Gasteiger partial charge in [0.15, 0.2) is 11.2 Å². The SMILES string of the molecule is Cc1ccc2c(c1)O/C(=C\c1coc3ccc(C)cc3c1=O)C2=O. The Hall–Kier alpha value is -3.14. The summed E-state index contributed by atoms with van der Waals surface area (Å²) in [6.45, 7) is 3.84. The van der Waals surface area contributed by atoms with Crippen LogP contribution in [0.1, 0.15) is 27.0 Å². The molecule has 0 spiro atoms. The van der Waals surface area contributed by atoms with Gasteiger partial charge < -0.3 is 9.15 Å². The van der Waals surface area contributed by atoms with Gasteiger partial charge in [-0.15, -0.1) is 0 Å². The fourth-order valence-electron chi connectivity index (χ4n) is 2.79. The first-order valence-corrected chi connectivity index (χ1v) is 7.60. The zero-order valence-electron chi connectivity index (χ0n) is 13.3. The molecule has 0 unspecified atom stereocenters. The summed E-state index contributed by atoms with van der Waals surface area (Å²) in [6.07, 6.45) is 2.81. The summed E-state index contributed by atoms with van der Waals surface area (Å²) in [4.78, 5) is 25.0. The van der Waals surface area contributed by atoms with Crippen molar-refractivity contribution in [2.45, 2.75) is 13.8 Å². The van der Waals surface area contributed by atoms with Crippen LogP contribution in [-0.4, -0.2) is 5.78 Å². The van der Waals surface area contributed by atoms with E-state index in [2.05, 4.69) is 0 Å². The Balaban J connectivity index is 1.82. The average molecular weight is 318 g/mol. The molecule has 0 amide bonds. The zero-order valence-corrected chi connectivity index (χ0v) is 13.3. The molecule has 1 aliphatic heterocycles. The topological polar surface area (TPSA) is 56.5 Å². The van der Waals surface area contributed by atoms with Crippen molar-refractivity contribution in [2.75, 3.05) is 0 Å². The van der Waals surface area contributed by atoms with E-state index >= 15 is 0 Å². The Morgan fingerprint density at radius 2 is 1.71 bits per heavy atom. The Morgan fingerprint density at radius 3 is 2.54 bits per heavy atom. The predicted molar refractivity (Wildman–Crippen MR) is 91.3 cm³/mol. The maximum atomic E-state index is 12.6. The molecule has 3 aromatic rings. The molecule has 0 saturated heterocycles. The number of ether oxygens (including phenoxy) is 1. The number of fused-ring (bicyclic) bond motifs is 2. The van der Waals surface area contributed by atoms with Gasteiger partial charge in [-0.1, -0.05) is 17.7 Å². The molecule has 0 fully saturated rings. The molecule has 4 nitrogen and oxygen atoms in total. The summed E-state index contributed by atoms with van der Waals surface area (Å²) < 4.78 is 11.1. The highest BCUT2D eigenvalue weighted by molar-refractivity contribution is 6.14. The van der Waals surface area contributed by atoms with Gasteiger partial charge in [-0.2, -0.15) is 0 Å². The van der Waals surface area contributed by atoms with Gasteiger partial charge in [0.2, 0.25) is 5.78 Å². The number of hydrogen-bond donors (Lipinski definition) is 0. The van der Waals surface area contributed by atoms with E-state index in [0.717, 1.165) is 11.1 Å². The highest BCUT2D eigenvalue weighted by atomic mass is 16.5. The fraction of sp³-hybridized carbons (Fsp3) is 0.100. The lowest BCUT2D eigenvalue weighted by molar-refractivity contribution is 0.101. The summed E-state index contributed by atoms with van der Waals surface area (Å²) in [5, 5.41) is 0.489. The Kier molecular flexibility index (Phi) is 3.13. The first-order valence-electron chi connectivity index (χ1n) is 7.60. The lowest BCUT2D eigenvalue weighted by Crippen LogP contribution is -2.07. The minimum atomic E-state index is -0.228. The number of ketones is 1. The highest BCUT2D eigenvalue weighted by Gasteiger charge is 2.27. The summed E-state index contributed by atoms with van der Waals surface area (Å²) in [5.74, 6) is 0.427. The third kappa shape index (κ3) is 2.24. The standard InChI is InChI=1S/C20H14O4/c1-11-4-6-16-15(7-11)19(21)13(10-23-16)9-18-20(22)14-5-3-12(2)8-17(14)24-18/h3-10H,1-2H3/b18-9-. The summed E-state index contributed by atoms with van der Waals surface area (Å²) in [5.41, 5.74) is 3.11. The molecule has 1 aliphatic rings. The van der Waals surface area contributed by atoms with E-state index in [4.69, 9.17) is 9.15 Å². The Labute approximate surface area is 138 Å². The molecular weight excluding hydrogens is 304 g/mol. The minimum absolute atomic E-state index is 0.134. The van der Waals surface area contributed by atoms with Gasteiger partial charge >= 0.3 is 0 Å². The van der Waals surface area contributed by atoms with Crippen molar-refractivity contribution in [3.63, 3.8) is 0 Å². The van der Waals surface area contributed by atoms with Crippen molar-refractivity contribution in [2.24, 2.45) is 0 Å². The lowest BCUT2D eigenvalue weighted by atomic mass is 10.1. The Morgan fingerprint density at radius 1 is 0.958 bits per heavy atom. The highest BCUT2D eigenvalue weighted by Crippen LogP contribution is 2.32. The molecule has 2 aromatic carbocycles. The van der Waals surface area contributed by atoms with Crippen LogP contribution in [0.2, 0.25) is 0 Å². The molecule has 4 heteroatoms. The number of aryl methyl sites for hydroxylation is 2. The molecule has 2 heterocycles. The van der Waals surface area contributed by atoms with Crippen molar-refractivity contribution >= 4 is 22.8 Å². The van der Waals surface area contributed by atoms with Crippen molar-refractivity contribution in [3.8, 4) is 5.75 Å². The quantitative estimate of drug-likeness (QED) is 0.636. The second-order valence-electron chi connectivity index (χ2n) is 5.96. The van der Waals surface area contributed by atoms with Crippen molar-refractivity contribution < 1.29 is 13.9 Å². The van der Waals surface area contributed by atoms with Gasteiger partial charge in [0.05, 0.1) is 16.5 Å². The molecule has 0 atom stereocenters. The average Bonchev–Trinajstić information content (AvgIpc) is 2.86. The molecule has 0 N–H and O–H groups in total. The normalized spacial score (nSPS) is 14.9. The van der Waals surface area contributed by atoms with Crippen LogP contribution in [0.15, 0.2) is 57.6 Å². The molecule has 4 rings (SSSR count). The van der Waals surface area contributed by atoms with Crippen molar-refractivity contribution in [1.29, 1.82) is 0 Å². The second kappa shape index (κ2) is 5.20. The van der Waals surface area contributed by atoms with Crippen LogP contribution < -0.4 is 10.2 Å².